The van der Waals surface area contributed by atoms with Crippen molar-refractivity contribution in [1.82, 2.24) is 4.98 Å². The van der Waals surface area contributed by atoms with E-state index >= 15 is 0 Å². The monoisotopic (exact) mass is 226 g/mol. The molecular formula is C10H14N2O2S. The van der Waals surface area contributed by atoms with Crippen LogP contribution in [-0.2, 0) is 11.3 Å². The Kier molecular flexibility index (Phi) is 3.99. The number of aromatic nitrogens is 1. The summed E-state index contributed by atoms with van der Waals surface area (Å²) in [7, 11) is 3.18. The molecule has 0 fully saturated rings. The number of ether oxygens (including phenoxy) is 2. The molecule has 1 aromatic rings. The normalized spacial score (nSPS) is 10.1. The first-order valence-corrected chi connectivity index (χ1v) is 4.83. The summed E-state index contributed by atoms with van der Waals surface area (Å²) in [6, 6.07) is 0. The van der Waals surface area contributed by atoms with Gasteiger partial charge in [0, 0.05) is 18.9 Å². The Morgan fingerprint density at radius 2 is 2.20 bits per heavy atom. The smallest absolute Gasteiger partial charge is 0.150 e. The van der Waals surface area contributed by atoms with Crippen LogP contribution in [0.15, 0.2) is 6.20 Å². The van der Waals surface area contributed by atoms with Crippen LogP contribution in [0.5, 0.6) is 5.75 Å². The molecule has 0 amide bonds. The number of aryl methyl sites for hydroxylation is 1. The molecule has 0 atom stereocenters. The van der Waals surface area contributed by atoms with Crippen LogP contribution >= 0.6 is 12.2 Å². The van der Waals surface area contributed by atoms with Gasteiger partial charge < -0.3 is 15.2 Å². The molecule has 0 unspecified atom stereocenters. The fourth-order valence-corrected chi connectivity index (χ4v) is 1.63. The molecule has 0 aliphatic rings. The van der Waals surface area contributed by atoms with Gasteiger partial charge in [-0.2, -0.15) is 0 Å². The van der Waals surface area contributed by atoms with E-state index in [4.69, 9.17) is 27.4 Å². The van der Waals surface area contributed by atoms with Crippen LogP contribution in [0.4, 0.5) is 0 Å². The van der Waals surface area contributed by atoms with Crippen LogP contribution in [0.25, 0.3) is 0 Å². The van der Waals surface area contributed by atoms with Gasteiger partial charge in [0.05, 0.1) is 25.0 Å². The fourth-order valence-electron chi connectivity index (χ4n) is 1.41. The van der Waals surface area contributed by atoms with Crippen molar-refractivity contribution in [3.63, 3.8) is 0 Å². The lowest BCUT2D eigenvalue weighted by atomic mass is 10.1. The highest BCUT2D eigenvalue weighted by molar-refractivity contribution is 7.80. The standard InChI is InChI=1S/C10H14N2O2S/c1-6-9(14-3)8(10(11)15)7(4-12-6)5-13-2/h4H,5H2,1-3H3,(H2,11,15). The topological polar surface area (TPSA) is 57.4 Å². The Balaban J connectivity index is 3.35. The molecule has 0 aliphatic carbocycles. The number of pyridine rings is 1. The molecule has 5 heteroatoms. The van der Waals surface area contributed by atoms with Gasteiger partial charge in [0.25, 0.3) is 0 Å². The minimum Gasteiger partial charge on any atom is -0.494 e. The maximum Gasteiger partial charge on any atom is 0.150 e. The summed E-state index contributed by atoms with van der Waals surface area (Å²) in [5, 5.41) is 0. The first kappa shape index (κ1) is 11.9. The molecule has 0 aromatic carbocycles. The van der Waals surface area contributed by atoms with E-state index < -0.39 is 0 Å². The fraction of sp³-hybridized carbons (Fsp3) is 0.400. The van der Waals surface area contributed by atoms with Crippen LogP contribution in [-0.4, -0.2) is 24.2 Å². The van der Waals surface area contributed by atoms with E-state index in [0.717, 1.165) is 11.3 Å². The predicted octanol–water partition coefficient (Wildman–Crippen LogP) is 1.18. The minimum absolute atomic E-state index is 0.296. The second kappa shape index (κ2) is 5.04. The molecule has 0 saturated carbocycles. The Morgan fingerprint density at radius 3 is 2.67 bits per heavy atom. The van der Waals surface area contributed by atoms with Gasteiger partial charge in [0.2, 0.25) is 0 Å². The maximum absolute atomic E-state index is 5.66. The molecular weight excluding hydrogens is 212 g/mol. The van der Waals surface area contributed by atoms with Crippen LogP contribution in [0.1, 0.15) is 16.8 Å². The van der Waals surface area contributed by atoms with E-state index in [-0.39, 0.29) is 0 Å². The summed E-state index contributed by atoms with van der Waals surface area (Å²) in [5.41, 5.74) is 7.97. The van der Waals surface area contributed by atoms with Crippen LogP contribution < -0.4 is 10.5 Å². The predicted molar refractivity (Wildman–Crippen MR) is 62.1 cm³/mol. The van der Waals surface area contributed by atoms with Crippen molar-refractivity contribution in [3.8, 4) is 5.75 Å². The summed E-state index contributed by atoms with van der Waals surface area (Å²) in [6.07, 6.45) is 1.70. The zero-order valence-electron chi connectivity index (χ0n) is 9.03. The van der Waals surface area contributed by atoms with Gasteiger partial charge >= 0.3 is 0 Å². The molecule has 15 heavy (non-hydrogen) atoms. The van der Waals surface area contributed by atoms with Gasteiger partial charge in [-0.25, -0.2) is 0 Å². The van der Waals surface area contributed by atoms with Gasteiger partial charge in [-0.05, 0) is 6.92 Å². The van der Waals surface area contributed by atoms with E-state index in [2.05, 4.69) is 4.98 Å². The molecule has 2 N–H and O–H groups in total. The van der Waals surface area contributed by atoms with E-state index in [1.54, 1.807) is 20.4 Å². The summed E-state index contributed by atoms with van der Waals surface area (Å²) in [5.74, 6) is 0.622. The molecule has 0 saturated heterocycles. The third-order valence-electron chi connectivity index (χ3n) is 2.04. The van der Waals surface area contributed by atoms with Gasteiger partial charge in [0.1, 0.15) is 4.99 Å². The number of methoxy groups -OCH3 is 2. The zero-order valence-corrected chi connectivity index (χ0v) is 9.85. The summed E-state index contributed by atoms with van der Waals surface area (Å²) in [6.45, 7) is 2.26. The number of hydrogen-bond donors (Lipinski definition) is 1. The molecule has 0 bridgehead atoms. The number of thiocarbonyl (C=S) groups is 1. The molecule has 0 spiro atoms. The minimum atomic E-state index is 0.296. The van der Waals surface area contributed by atoms with Gasteiger partial charge in [-0.1, -0.05) is 12.2 Å². The second-order valence-corrected chi connectivity index (χ2v) is 3.51. The van der Waals surface area contributed by atoms with Crippen molar-refractivity contribution in [2.45, 2.75) is 13.5 Å². The summed E-state index contributed by atoms with van der Waals surface area (Å²) in [4.78, 5) is 4.49. The lowest BCUT2D eigenvalue weighted by molar-refractivity contribution is 0.184. The number of nitrogens with zero attached hydrogens (tertiary/aromatic N) is 1. The van der Waals surface area contributed by atoms with Crippen molar-refractivity contribution in [2.75, 3.05) is 14.2 Å². The quantitative estimate of drug-likeness (QED) is 0.781. The average molecular weight is 226 g/mol. The largest absolute Gasteiger partial charge is 0.494 e. The van der Waals surface area contributed by atoms with Gasteiger partial charge in [-0.3, -0.25) is 4.98 Å². The first-order valence-electron chi connectivity index (χ1n) is 4.43. The first-order chi connectivity index (χ1) is 7.11. The third kappa shape index (κ3) is 2.43. The average Bonchev–Trinajstić information content (AvgIpc) is 2.20. The second-order valence-electron chi connectivity index (χ2n) is 3.07. The van der Waals surface area contributed by atoms with Gasteiger partial charge in [-0.15, -0.1) is 0 Å². The highest BCUT2D eigenvalue weighted by Crippen LogP contribution is 2.25. The van der Waals surface area contributed by atoms with E-state index in [1.807, 2.05) is 6.92 Å². The molecule has 82 valence electrons. The number of rotatable bonds is 4. The van der Waals surface area contributed by atoms with Crippen molar-refractivity contribution < 1.29 is 9.47 Å². The molecule has 4 nitrogen and oxygen atoms in total. The van der Waals surface area contributed by atoms with Crippen LogP contribution in [0, 0.1) is 6.92 Å². The molecule has 0 radical (unpaired) electrons. The number of hydrogen-bond acceptors (Lipinski definition) is 4. The van der Waals surface area contributed by atoms with Gasteiger partial charge in [0.15, 0.2) is 5.75 Å². The Morgan fingerprint density at radius 1 is 1.53 bits per heavy atom. The molecule has 1 heterocycles. The summed E-state index contributed by atoms with van der Waals surface area (Å²) < 4.78 is 10.3. The SMILES string of the molecule is COCc1cnc(C)c(OC)c1C(N)=S. The van der Waals surface area contributed by atoms with Crippen molar-refractivity contribution >= 4 is 17.2 Å². The van der Waals surface area contributed by atoms with Crippen molar-refractivity contribution in [1.29, 1.82) is 0 Å². The molecule has 0 aliphatic heterocycles. The van der Waals surface area contributed by atoms with Crippen molar-refractivity contribution in [2.24, 2.45) is 5.73 Å². The maximum atomic E-state index is 5.66. The lowest BCUT2D eigenvalue weighted by Gasteiger charge is -2.13. The highest BCUT2D eigenvalue weighted by atomic mass is 32.1. The highest BCUT2D eigenvalue weighted by Gasteiger charge is 2.15. The lowest BCUT2D eigenvalue weighted by Crippen LogP contribution is -2.16. The van der Waals surface area contributed by atoms with Crippen molar-refractivity contribution in [3.05, 3.63) is 23.0 Å². The zero-order chi connectivity index (χ0) is 11.4. The Labute approximate surface area is 94.4 Å². The van der Waals surface area contributed by atoms with E-state index in [1.165, 1.54) is 0 Å². The Hall–Kier alpha value is -1.20. The number of nitrogens with two attached hydrogens (primary N) is 1. The Bertz CT molecular complexity index is 380. The van der Waals surface area contributed by atoms with Crippen LogP contribution in [0.3, 0.4) is 0 Å². The summed E-state index contributed by atoms with van der Waals surface area (Å²) >= 11 is 4.99. The van der Waals surface area contributed by atoms with Crippen LogP contribution in [0.2, 0.25) is 0 Å². The van der Waals surface area contributed by atoms with E-state index in [9.17, 15) is 0 Å². The third-order valence-corrected chi connectivity index (χ3v) is 2.25. The van der Waals surface area contributed by atoms with E-state index in [0.29, 0.717) is 22.9 Å². The molecule has 1 aromatic heterocycles. The molecule has 1 rings (SSSR count).